The average molecular weight is 328 g/mol. The van der Waals surface area contributed by atoms with Crippen LogP contribution in [0.25, 0.3) is 0 Å². The molecule has 0 heterocycles. The van der Waals surface area contributed by atoms with Gasteiger partial charge in [0.1, 0.15) is 0 Å². The lowest BCUT2D eigenvalue weighted by molar-refractivity contribution is -0.121. The summed E-state index contributed by atoms with van der Waals surface area (Å²) in [6, 6.07) is 0. The quantitative estimate of drug-likeness (QED) is 0.502. The van der Waals surface area contributed by atoms with Crippen molar-refractivity contribution < 1.29 is 13.2 Å². The van der Waals surface area contributed by atoms with Crippen molar-refractivity contribution >= 4 is 28.3 Å². The molecule has 0 aromatic rings. The van der Waals surface area contributed by atoms with E-state index in [1.807, 2.05) is 7.05 Å². The van der Waals surface area contributed by atoms with Crippen LogP contribution in [0.3, 0.4) is 0 Å². The minimum atomic E-state index is -3.25. The summed E-state index contributed by atoms with van der Waals surface area (Å²) in [5.74, 6) is 0.368. The summed E-state index contributed by atoms with van der Waals surface area (Å²) in [5, 5.41) is 5.58. The fourth-order valence-electron chi connectivity index (χ4n) is 1.85. The van der Waals surface area contributed by atoms with Gasteiger partial charge in [-0.3, -0.25) is 4.79 Å². The number of amides is 1. The van der Waals surface area contributed by atoms with E-state index in [0.717, 1.165) is 25.8 Å². The Morgan fingerprint density at radius 2 is 1.95 bits per heavy atom. The van der Waals surface area contributed by atoms with Gasteiger partial charge in [0.05, 0.1) is 5.75 Å². The van der Waals surface area contributed by atoms with E-state index >= 15 is 0 Å². The first-order valence-electron chi connectivity index (χ1n) is 6.92. The molecule has 1 aliphatic carbocycles. The SMILES string of the molecule is CNCCCC(=O)NCCS(=O)(=O)NCC1CCC1.Cl. The zero-order chi connectivity index (χ0) is 14.1. The van der Waals surface area contributed by atoms with Crippen LogP contribution in [0.15, 0.2) is 0 Å². The van der Waals surface area contributed by atoms with Crippen LogP contribution >= 0.6 is 12.4 Å². The van der Waals surface area contributed by atoms with Gasteiger partial charge in [0.25, 0.3) is 0 Å². The van der Waals surface area contributed by atoms with Crippen molar-refractivity contribution in [2.75, 3.05) is 32.4 Å². The van der Waals surface area contributed by atoms with E-state index < -0.39 is 10.0 Å². The highest BCUT2D eigenvalue weighted by molar-refractivity contribution is 7.89. The van der Waals surface area contributed by atoms with Crippen molar-refractivity contribution in [3.05, 3.63) is 0 Å². The van der Waals surface area contributed by atoms with Gasteiger partial charge in [0.2, 0.25) is 15.9 Å². The van der Waals surface area contributed by atoms with Gasteiger partial charge in [-0.05, 0) is 38.8 Å². The number of hydrogen-bond acceptors (Lipinski definition) is 4. The Balaban J connectivity index is 0.00000361. The maximum Gasteiger partial charge on any atom is 0.220 e. The minimum absolute atomic E-state index is 0. The second-order valence-electron chi connectivity index (χ2n) is 5.02. The van der Waals surface area contributed by atoms with E-state index in [1.54, 1.807) is 0 Å². The van der Waals surface area contributed by atoms with Crippen LogP contribution in [0.1, 0.15) is 32.1 Å². The fraction of sp³-hybridized carbons (Fsp3) is 0.917. The van der Waals surface area contributed by atoms with Crippen LogP contribution in [-0.2, 0) is 14.8 Å². The van der Waals surface area contributed by atoms with Gasteiger partial charge >= 0.3 is 0 Å². The smallest absolute Gasteiger partial charge is 0.220 e. The first-order valence-corrected chi connectivity index (χ1v) is 8.57. The van der Waals surface area contributed by atoms with E-state index in [-0.39, 0.29) is 30.6 Å². The Morgan fingerprint density at radius 3 is 2.50 bits per heavy atom. The van der Waals surface area contributed by atoms with Gasteiger partial charge in [-0.1, -0.05) is 6.42 Å². The number of nitrogens with one attached hydrogen (secondary N) is 3. The second-order valence-corrected chi connectivity index (χ2v) is 6.95. The van der Waals surface area contributed by atoms with Crippen LogP contribution in [0.5, 0.6) is 0 Å². The van der Waals surface area contributed by atoms with Gasteiger partial charge < -0.3 is 10.6 Å². The van der Waals surface area contributed by atoms with Gasteiger partial charge in [-0.15, -0.1) is 12.4 Å². The molecule has 1 rings (SSSR count). The molecule has 0 unspecified atom stereocenters. The molecule has 1 aliphatic rings. The molecule has 0 radical (unpaired) electrons. The minimum Gasteiger partial charge on any atom is -0.355 e. The molecule has 0 atom stereocenters. The Hall–Kier alpha value is -0.370. The van der Waals surface area contributed by atoms with Crippen molar-refractivity contribution in [2.45, 2.75) is 32.1 Å². The van der Waals surface area contributed by atoms with E-state index in [1.165, 1.54) is 6.42 Å². The third-order valence-corrected chi connectivity index (χ3v) is 4.69. The van der Waals surface area contributed by atoms with E-state index in [2.05, 4.69) is 15.4 Å². The number of rotatable bonds is 10. The van der Waals surface area contributed by atoms with Crippen LogP contribution < -0.4 is 15.4 Å². The van der Waals surface area contributed by atoms with E-state index in [0.29, 0.717) is 18.9 Å². The predicted octanol–water partition coefficient (Wildman–Crippen LogP) is 0.244. The fourth-order valence-corrected chi connectivity index (χ4v) is 2.86. The van der Waals surface area contributed by atoms with Crippen LogP contribution in [0.2, 0.25) is 0 Å². The molecule has 0 bridgehead atoms. The molecule has 1 amide bonds. The van der Waals surface area contributed by atoms with E-state index in [9.17, 15) is 13.2 Å². The Morgan fingerprint density at radius 1 is 1.25 bits per heavy atom. The summed E-state index contributed by atoms with van der Waals surface area (Å²) in [5.41, 5.74) is 0. The molecule has 120 valence electrons. The molecule has 0 aliphatic heterocycles. The number of halogens is 1. The lowest BCUT2D eigenvalue weighted by Crippen LogP contribution is -2.37. The lowest BCUT2D eigenvalue weighted by atomic mass is 9.86. The summed E-state index contributed by atoms with van der Waals surface area (Å²) in [7, 11) is -1.42. The van der Waals surface area contributed by atoms with Crippen molar-refractivity contribution in [2.24, 2.45) is 5.92 Å². The Labute approximate surface area is 127 Å². The molecule has 0 aromatic heterocycles. The highest BCUT2D eigenvalue weighted by Crippen LogP contribution is 2.25. The normalized spacial score (nSPS) is 15.2. The molecule has 1 saturated carbocycles. The maximum absolute atomic E-state index is 11.6. The topological polar surface area (TPSA) is 87.3 Å². The van der Waals surface area contributed by atoms with Crippen molar-refractivity contribution in [1.82, 2.24) is 15.4 Å². The molecule has 0 saturated heterocycles. The van der Waals surface area contributed by atoms with Crippen LogP contribution in [-0.4, -0.2) is 46.8 Å². The monoisotopic (exact) mass is 327 g/mol. The van der Waals surface area contributed by atoms with Crippen molar-refractivity contribution in [3.63, 3.8) is 0 Å². The average Bonchev–Trinajstić information content (AvgIpc) is 2.26. The standard InChI is InChI=1S/C12H25N3O3S.ClH/c1-13-7-3-6-12(16)14-8-9-19(17,18)15-10-11-4-2-5-11;/h11,13,15H,2-10H2,1H3,(H,14,16);1H. The second kappa shape index (κ2) is 10.4. The Kier molecular flexibility index (Phi) is 10.2. The molecule has 6 nitrogen and oxygen atoms in total. The summed E-state index contributed by atoms with van der Waals surface area (Å²) in [4.78, 5) is 11.4. The van der Waals surface area contributed by atoms with Crippen molar-refractivity contribution in [3.8, 4) is 0 Å². The van der Waals surface area contributed by atoms with Crippen molar-refractivity contribution in [1.29, 1.82) is 0 Å². The Bertz CT molecular complexity index is 372. The third kappa shape index (κ3) is 8.73. The van der Waals surface area contributed by atoms with E-state index in [4.69, 9.17) is 0 Å². The molecule has 3 N–H and O–H groups in total. The number of sulfonamides is 1. The first-order chi connectivity index (χ1) is 9.03. The van der Waals surface area contributed by atoms with Crippen LogP contribution in [0.4, 0.5) is 0 Å². The van der Waals surface area contributed by atoms with Gasteiger partial charge in [-0.25, -0.2) is 13.1 Å². The van der Waals surface area contributed by atoms with Gasteiger partial charge in [0.15, 0.2) is 0 Å². The zero-order valence-electron chi connectivity index (χ0n) is 12.0. The third-order valence-electron chi connectivity index (χ3n) is 3.34. The maximum atomic E-state index is 11.6. The number of carbonyl (C=O) groups is 1. The summed E-state index contributed by atoms with van der Waals surface area (Å²) in [6.07, 6.45) is 4.62. The molecule has 8 heteroatoms. The number of hydrogen-bond donors (Lipinski definition) is 3. The van der Waals surface area contributed by atoms with Gasteiger partial charge in [-0.2, -0.15) is 0 Å². The molecule has 1 fully saturated rings. The zero-order valence-corrected chi connectivity index (χ0v) is 13.6. The van der Waals surface area contributed by atoms with Crippen LogP contribution in [0, 0.1) is 5.92 Å². The molecular weight excluding hydrogens is 302 g/mol. The predicted molar refractivity (Wildman–Crippen MR) is 82.5 cm³/mol. The molecule has 0 spiro atoms. The summed E-state index contributed by atoms with van der Waals surface area (Å²) in [6.45, 7) is 1.51. The molecule has 20 heavy (non-hydrogen) atoms. The van der Waals surface area contributed by atoms with Gasteiger partial charge in [0, 0.05) is 19.5 Å². The summed E-state index contributed by atoms with van der Waals surface area (Å²) >= 11 is 0. The highest BCUT2D eigenvalue weighted by atomic mass is 35.5. The lowest BCUT2D eigenvalue weighted by Gasteiger charge is -2.25. The highest BCUT2D eigenvalue weighted by Gasteiger charge is 2.20. The molecular formula is C12H26ClN3O3S. The number of carbonyl (C=O) groups excluding carboxylic acids is 1. The first kappa shape index (κ1) is 19.6. The largest absolute Gasteiger partial charge is 0.355 e. The summed E-state index contributed by atoms with van der Waals surface area (Å²) < 4.78 is 25.9. The molecule has 0 aromatic carbocycles.